The number of halogens is 1. The average molecular weight is 257 g/mol. The fourth-order valence-electron chi connectivity index (χ4n) is 1.33. The minimum absolute atomic E-state index is 0.0206. The minimum Gasteiger partial charge on any atom is -0.465 e. The predicted octanol–water partition coefficient (Wildman–Crippen LogP) is 0.891. The van der Waals surface area contributed by atoms with E-state index in [2.05, 4.69) is 10.1 Å². The van der Waals surface area contributed by atoms with Gasteiger partial charge >= 0.3 is 5.97 Å². The first-order chi connectivity index (χ1) is 8.51. The minimum atomic E-state index is -1.01. The number of benzene rings is 1. The summed E-state index contributed by atoms with van der Waals surface area (Å²) in [7, 11) is 1.09. The average Bonchev–Trinajstić information content (AvgIpc) is 2.35. The molecule has 0 spiro atoms. The second kappa shape index (κ2) is 5.92. The van der Waals surface area contributed by atoms with Gasteiger partial charge in [0, 0.05) is 13.1 Å². The van der Waals surface area contributed by atoms with Gasteiger partial charge in [-0.1, -0.05) is 0 Å². The summed E-state index contributed by atoms with van der Waals surface area (Å²) in [5.41, 5.74) is 4.44. The summed E-state index contributed by atoms with van der Waals surface area (Å²) < 4.78 is 17.9. The molecule has 0 saturated carbocycles. The molecule has 0 bridgehead atoms. The van der Waals surface area contributed by atoms with Crippen LogP contribution in [0.5, 0.6) is 0 Å². The van der Waals surface area contributed by atoms with Crippen molar-refractivity contribution in [2.45, 2.75) is 0 Å². The monoisotopic (exact) mass is 257 g/mol. The van der Waals surface area contributed by atoms with Crippen LogP contribution in [0, 0.1) is 15.9 Å². The number of anilines is 1. The molecule has 0 atom stereocenters. The highest BCUT2D eigenvalue weighted by Gasteiger charge is 2.21. The van der Waals surface area contributed by atoms with Crippen molar-refractivity contribution in [3.05, 3.63) is 33.6 Å². The molecule has 1 aromatic rings. The lowest BCUT2D eigenvalue weighted by Crippen LogP contribution is -2.15. The Morgan fingerprint density at radius 3 is 2.78 bits per heavy atom. The zero-order valence-corrected chi connectivity index (χ0v) is 9.60. The number of carbonyl (C=O) groups is 1. The zero-order valence-electron chi connectivity index (χ0n) is 9.60. The number of rotatable bonds is 5. The van der Waals surface area contributed by atoms with Crippen molar-refractivity contribution in [2.75, 3.05) is 25.5 Å². The largest absolute Gasteiger partial charge is 0.465 e. The van der Waals surface area contributed by atoms with E-state index >= 15 is 0 Å². The van der Waals surface area contributed by atoms with Gasteiger partial charge in [0.15, 0.2) is 0 Å². The van der Waals surface area contributed by atoms with Crippen LogP contribution >= 0.6 is 0 Å². The summed E-state index contributed by atoms with van der Waals surface area (Å²) in [6.07, 6.45) is 0. The lowest BCUT2D eigenvalue weighted by molar-refractivity contribution is -0.384. The van der Waals surface area contributed by atoms with Crippen molar-refractivity contribution < 1.29 is 18.8 Å². The Bertz CT molecular complexity index is 478. The van der Waals surface area contributed by atoms with Crippen molar-refractivity contribution in [3.63, 3.8) is 0 Å². The molecule has 0 aromatic heterocycles. The van der Waals surface area contributed by atoms with Crippen LogP contribution in [0.15, 0.2) is 12.1 Å². The number of nitrogens with zero attached hydrogens (tertiary/aromatic N) is 1. The maximum absolute atomic E-state index is 13.5. The molecule has 18 heavy (non-hydrogen) atoms. The molecule has 0 saturated heterocycles. The van der Waals surface area contributed by atoms with Gasteiger partial charge in [-0.2, -0.15) is 0 Å². The van der Waals surface area contributed by atoms with Gasteiger partial charge in [-0.3, -0.25) is 10.1 Å². The molecule has 1 rings (SSSR count). The first-order valence-electron chi connectivity index (χ1n) is 5.01. The number of nitrogens with two attached hydrogens (primary N) is 1. The van der Waals surface area contributed by atoms with E-state index in [4.69, 9.17) is 5.73 Å². The van der Waals surface area contributed by atoms with Gasteiger partial charge in [-0.15, -0.1) is 0 Å². The smallest absolute Gasteiger partial charge is 0.340 e. The maximum Gasteiger partial charge on any atom is 0.340 e. The molecule has 0 aliphatic carbocycles. The Morgan fingerprint density at radius 2 is 2.28 bits per heavy atom. The van der Waals surface area contributed by atoms with Crippen LogP contribution in [0.25, 0.3) is 0 Å². The predicted molar refractivity (Wildman–Crippen MR) is 61.9 cm³/mol. The third-order valence-electron chi connectivity index (χ3n) is 2.15. The van der Waals surface area contributed by atoms with Crippen LogP contribution in [0.4, 0.5) is 15.8 Å². The topological polar surface area (TPSA) is 107 Å². The maximum atomic E-state index is 13.5. The van der Waals surface area contributed by atoms with Gasteiger partial charge in [0.1, 0.15) is 11.5 Å². The zero-order chi connectivity index (χ0) is 13.7. The number of ether oxygens (including phenoxy) is 1. The van der Waals surface area contributed by atoms with Crippen LogP contribution in [-0.4, -0.2) is 31.1 Å². The van der Waals surface area contributed by atoms with Crippen molar-refractivity contribution in [2.24, 2.45) is 5.73 Å². The van der Waals surface area contributed by atoms with E-state index < -0.39 is 22.4 Å². The summed E-state index contributed by atoms with van der Waals surface area (Å²) in [5, 5.41) is 13.4. The number of carbonyl (C=O) groups excluding carboxylic acids is 1. The number of nitro groups is 1. The van der Waals surface area contributed by atoms with Crippen LogP contribution in [0.1, 0.15) is 10.4 Å². The second-order valence-electron chi connectivity index (χ2n) is 3.31. The fraction of sp³-hybridized carbons (Fsp3) is 0.300. The number of hydrogen-bond donors (Lipinski definition) is 2. The van der Waals surface area contributed by atoms with Crippen molar-refractivity contribution in [1.82, 2.24) is 0 Å². The Kier molecular flexibility index (Phi) is 4.55. The molecule has 0 amide bonds. The molecule has 3 N–H and O–H groups in total. The number of nitro benzene ring substituents is 1. The van der Waals surface area contributed by atoms with E-state index in [0.717, 1.165) is 13.2 Å². The Labute approximate surface area is 102 Å². The molecule has 0 aliphatic heterocycles. The van der Waals surface area contributed by atoms with Gasteiger partial charge in [0.25, 0.3) is 5.69 Å². The molecular formula is C10H12FN3O4. The third kappa shape index (κ3) is 2.92. The summed E-state index contributed by atoms with van der Waals surface area (Å²) in [4.78, 5) is 21.2. The van der Waals surface area contributed by atoms with Crippen molar-refractivity contribution in [1.29, 1.82) is 0 Å². The molecule has 8 heteroatoms. The normalized spacial score (nSPS) is 9.94. The van der Waals surface area contributed by atoms with Crippen LogP contribution < -0.4 is 11.1 Å². The van der Waals surface area contributed by atoms with Crippen LogP contribution in [0.2, 0.25) is 0 Å². The molecule has 0 aliphatic rings. The van der Waals surface area contributed by atoms with Gasteiger partial charge in [-0.25, -0.2) is 9.18 Å². The number of hydrogen-bond acceptors (Lipinski definition) is 6. The number of nitrogens with one attached hydrogen (secondary N) is 1. The van der Waals surface area contributed by atoms with Gasteiger partial charge in [-0.05, 0) is 6.07 Å². The molecule has 0 heterocycles. The van der Waals surface area contributed by atoms with Gasteiger partial charge in [0.05, 0.1) is 23.7 Å². The molecule has 98 valence electrons. The van der Waals surface area contributed by atoms with E-state index in [-0.39, 0.29) is 24.3 Å². The second-order valence-corrected chi connectivity index (χ2v) is 3.31. The molecule has 1 aromatic carbocycles. The summed E-state index contributed by atoms with van der Waals surface area (Å²) in [6, 6.07) is 1.71. The van der Waals surface area contributed by atoms with Gasteiger partial charge < -0.3 is 15.8 Å². The Hall–Kier alpha value is -2.22. The Balaban J connectivity index is 3.26. The third-order valence-corrected chi connectivity index (χ3v) is 2.15. The fourth-order valence-corrected chi connectivity index (χ4v) is 1.33. The summed E-state index contributed by atoms with van der Waals surface area (Å²) >= 11 is 0. The highest BCUT2D eigenvalue weighted by Crippen LogP contribution is 2.28. The van der Waals surface area contributed by atoms with E-state index in [9.17, 15) is 19.3 Å². The van der Waals surface area contributed by atoms with Gasteiger partial charge in [0.2, 0.25) is 0 Å². The Morgan fingerprint density at radius 1 is 1.61 bits per heavy atom. The van der Waals surface area contributed by atoms with Crippen LogP contribution in [0.3, 0.4) is 0 Å². The highest BCUT2D eigenvalue weighted by atomic mass is 19.1. The molecular weight excluding hydrogens is 245 g/mol. The first kappa shape index (κ1) is 13.8. The lowest BCUT2D eigenvalue weighted by atomic mass is 10.1. The highest BCUT2D eigenvalue weighted by molar-refractivity contribution is 5.91. The van der Waals surface area contributed by atoms with Crippen LogP contribution in [-0.2, 0) is 4.74 Å². The first-order valence-corrected chi connectivity index (χ1v) is 5.01. The molecule has 0 fully saturated rings. The summed E-state index contributed by atoms with van der Waals surface area (Å²) in [6.45, 7) is 0.495. The molecule has 0 unspecified atom stereocenters. The van der Waals surface area contributed by atoms with E-state index in [1.54, 1.807) is 0 Å². The quantitative estimate of drug-likeness (QED) is 0.461. The van der Waals surface area contributed by atoms with Crippen molar-refractivity contribution >= 4 is 17.3 Å². The molecule has 0 radical (unpaired) electrons. The van der Waals surface area contributed by atoms with E-state index in [0.29, 0.717) is 6.07 Å². The van der Waals surface area contributed by atoms with E-state index in [1.807, 2.05) is 0 Å². The summed E-state index contributed by atoms with van der Waals surface area (Å²) in [5.74, 6) is -1.91. The lowest BCUT2D eigenvalue weighted by Gasteiger charge is -2.08. The number of esters is 1. The standard InChI is InChI=1S/C10H12FN3O4/c1-18-10(15)6-4-8(13-3-2-12)9(14(16)17)5-7(6)11/h4-5,13H,2-3,12H2,1H3. The van der Waals surface area contributed by atoms with Crippen molar-refractivity contribution in [3.8, 4) is 0 Å². The SMILES string of the molecule is COC(=O)c1cc(NCCN)c([N+](=O)[O-])cc1F. The van der Waals surface area contributed by atoms with E-state index in [1.165, 1.54) is 0 Å². The molecule has 7 nitrogen and oxygen atoms in total. The number of methoxy groups -OCH3 is 1.